The molecule has 12 heavy (non-hydrogen) atoms. The lowest BCUT2D eigenvalue weighted by Gasteiger charge is -2.04. The van der Waals surface area contributed by atoms with E-state index < -0.39 is 6.09 Å². The molecule has 0 atom stereocenters. The summed E-state index contributed by atoms with van der Waals surface area (Å²) in [4.78, 5) is 10.3. The van der Waals surface area contributed by atoms with E-state index in [0.29, 0.717) is 5.75 Å². The first-order chi connectivity index (χ1) is 5.74. The molecule has 0 saturated carbocycles. The van der Waals surface area contributed by atoms with Crippen molar-refractivity contribution in [2.75, 3.05) is 0 Å². The number of amides is 1. The fraction of sp³-hybridized carbons (Fsp3) is 0.222. The third kappa shape index (κ3) is 1.99. The quantitative estimate of drug-likeness (QED) is 0.671. The number of aryl methyl sites for hydroxylation is 1. The van der Waals surface area contributed by atoms with Crippen molar-refractivity contribution in [3.05, 3.63) is 29.8 Å². The Balaban J connectivity index is 2.89. The van der Waals surface area contributed by atoms with E-state index in [1.54, 1.807) is 12.1 Å². The van der Waals surface area contributed by atoms with Crippen LogP contribution >= 0.6 is 0 Å². The molecule has 0 unspecified atom stereocenters. The Morgan fingerprint density at radius 2 is 2.17 bits per heavy atom. The van der Waals surface area contributed by atoms with Gasteiger partial charge in [0.1, 0.15) is 5.75 Å². The Hall–Kier alpha value is -1.51. The Labute approximate surface area is 71.1 Å². The second-order valence-electron chi connectivity index (χ2n) is 2.35. The summed E-state index contributed by atoms with van der Waals surface area (Å²) in [6.07, 6.45) is -0.223. The summed E-state index contributed by atoms with van der Waals surface area (Å²) in [5.41, 5.74) is 7.57. The molecular formula is C9H10NO2. The fourth-order valence-corrected chi connectivity index (χ4v) is 0.995. The molecule has 0 spiro atoms. The lowest BCUT2D eigenvalue weighted by atomic mass is 10.1. The van der Waals surface area contributed by atoms with E-state index in [4.69, 9.17) is 5.73 Å². The lowest BCUT2D eigenvalue weighted by Crippen LogP contribution is -2.06. The minimum atomic E-state index is -1.02. The van der Waals surface area contributed by atoms with E-state index in [-0.39, 0.29) is 0 Å². The second kappa shape index (κ2) is 3.76. The van der Waals surface area contributed by atoms with Crippen molar-refractivity contribution < 1.29 is 9.53 Å². The highest BCUT2D eigenvalue weighted by atomic mass is 16.5. The van der Waals surface area contributed by atoms with Gasteiger partial charge in [0.2, 0.25) is 0 Å². The Kier molecular flexibility index (Phi) is 2.69. The molecule has 0 aliphatic heterocycles. The largest absolute Gasteiger partial charge is 0.431 e. The van der Waals surface area contributed by atoms with Gasteiger partial charge >= 0.3 is 6.09 Å². The van der Waals surface area contributed by atoms with Gasteiger partial charge in [0, 0.05) is 0 Å². The van der Waals surface area contributed by atoms with E-state index >= 15 is 0 Å². The standard InChI is InChI=1S/C9H10NO2/c1-2-7-5-3-4-6-8(7)12-9(10)11/h3-6,10H,2H2,1H3. The van der Waals surface area contributed by atoms with E-state index in [1.165, 1.54) is 0 Å². The number of hydrogen-bond acceptors (Lipinski definition) is 2. The van der Waals surface area contributed by atoms with Crippen molar-refractivity contribution >= 4 is 6.09 Å². The molecule has 1 radical (unpaired) electrons. The number of rotatable bonds is 2. The lowest BCUT2D eigenvalue weighted by molar-refractivity contribution is 0.209. The first-order valence-corrected chi connectivity index (χ1v) is 3.75. The number of benzene rings is 1. The number of carbonyl (C=O) groups excluding carboxylic acids is 1. The van der Waals surface area contributed by atoms with Crippen LogP contribution in [-0.4, -0.2) is 6.09 Å². The van der Waals surface area contributed by atoms with Crippen LogP contribution < -0.4 is 10.5 Å². The van der Waals surface area contributed by atoms with Gasteiger partial charge in [0.05, 0.1) is 0 Å². The predicted molar refractivity (Wildman–Crippen MR) is 44.9 cm³/mol. The first kappa shape index (κ1) is 8.59. The zero-order chi connectivity index (χ0) is 8.97. The fourth-order valence-electron chi connectivity index (χ4n) is 0.995. The summed E-state index contributed by atoms with van der Waals surface area (Å²) in [7, 11) is 0. The summed E-state index contributed by atoms with van der Waals surface area (Å²) in [5, 5.41) is 0. The molecule has 0 aromatic heterocycles. The molecule has 0 heterocycles. The average molecular weight is 164 g/mol. The molecule has 0 saturated heterocycles. The third-order valence-corrected chi connectivity index (χ3v) is 1.56. The van der Waals surface area contributed by atoms with E-state index in [1.807, 2.05) is 19.1 Å². The van der Waals surface area contributed by atoms with Crippen LogP contribution in [0.2, 0.25) is 0 Å². The highest BCUT2D eigenvalue weighted by Gasteiger charge is 2.03. The van der Waals surface area contributed by atoms with Crippen molar-refractivity contribution in [2.24, 2.45) is 0 Å². The topological polar surface area (TPSA) is 50.1 Å². The maximum atomic E-state index is 10.3. The molecule has 63 valence electrons. The minimum Gasteiger partial charge on any atom is -0.409 e. The van der Waals surface area contributed by atoms with Gasteiger partial charge in [-0.05, 0) is 18.1 Å². The molecule has 1 amide bonds. The molecule has 3 nitrogen and oxygen atoms in total. The van der Waals surface area contributed by atoms with Crippen LogP contribution in [0.1, 0.15) is 12.5 Å². The van der Waals surface area contributed by atoms with Gasteiger partial charge in [-0.25, -0.2) is 10.5 Å². The molecule has 1 aromatic carbocycles. The van der Waals surface area contributed by atoms with Gasteiger partial charge in [0.25, 0.3) is 0 Å². The van der Waals surface area contributed by atoms with Crippen molar-refractivity contribution in [2.45, 2.75) is 13.3 Å². The summed E-state index contributed by atoms with van der Waals surface area (Å²) >= 11 is 0. The summed E-state index contributed by atoms with van der Waals surface area (Å²) < 4.78 is 4.66. The SMILES string of the molecule is CCc1ccccc1OC([NH])=O. The third-order valence-electron chi connectivity index (χ3n) is 1.56. The van der Waals surface area contributed by atoms with Crippen molar-refractivity contribution in [3.8, 4) is 5.75 Å². The summed E-state index contributed by atoms with van der Waals surface area (Å²) in [6.45, 7) is 1.97. The summed E-state index contributed by atoms with van der Waals surface area (Å²) in [5.74, 6) is 0.486. The van der Waals surface area contributed by atoms with Gasteiger partial charge < -0.3 is 4.74 Å². The highest BCUT2D eigenvalue weighted by Crippen LogP contribution is 2.17. The van der Waals surface area contributed by atoms with Crippen LogP contribution in [0, 0.1) is 0 Å². The van der Waals surface area contributed by atoms with E-state index in [9.17, 15) is 4.79 Å². The molecule has 0 aliphatic carbocycles. The van der Waals surface area contributed by atoms with Crippen LogP contribution in [0.15, 0.2) is 24.3 Å². The normalized spacial score (nSPS) is 9.42. The second-order valence-corrected chi connectivity index (χ2v) is 2.35. The number of nitrogens with one attached hydrogen (secondary N) is 1. The molecule has 1 aromatic rings. The predicted octanol–water partition coefficient (Wildman–Crippen LogP) is 2.03. The van der Waals surface area contributed by atoms with Gasteiger partial charge in [-0.15, -0.1) is 0 Å². The maximum absolute atomic E-state index is 10.3. The van der Waals surface area contributed by atoms with Crippen LogP contribution in [0.3, 0.4) is 0 Å². The van der Waals surface area contributed by atoms with Gasteiger partial charge in [-0.1, -0.05) is 25.1 Å². The number of ether oxygens (including phenoxy) is 1. The highest BCUT2D eigenvalue weighted by molar-refractivity contribution is 5.67. The summed E-state index contributed by atoms with van der Waals surface area (Å²) in [6, 6.07) is 7.21. The number of para-hydroxylation sites is 1. The molecule has 0 bridgehead atoms. The van der Waals surface area contributed by atoms with Crippen LogP contribution in [0.5, 0.6) is 5.75 Å². The monoisotopic (exact) mass is 164 g/mol. The Bertz CT molecular complexity index is 284. The van der Waals surface area contributed by atoms with Crippen LogP contribution in [0.4, 0.5) is 4.79 Å². The van der Waals surface area contributed by atoms with Crippen LogP contribution in [0.25, 0.3) is 0 Å². The molecule has 0 fully saturated rings. The maximum Gasteiger partial charge on any atom is 0.431 e. The number of hydrogen-bond donors (Lipinski definition) is 0. The smallest absolute Gasteiger partial charge is 0.409 e. The zero-order valence-electron chi connectivity index (χ0n) is 6.83. The zero-order valence-corrected chi connectivity index (χ0v) is 6.83. The van der Waals surface area contributed by atoms with Crippen molar-refractivity contribution in [1.82, 2.24) is 5.73 Å². The molecular weight excluding hydrogens is 154 g/mol. The van der Waals surface area contributed by atoms with Crippen LogP contribution in [-0.2, 0) is 6.42 Å². The average Bonchev–Trinajstić information content (AvgIpc) is 2.04. The van der Waals surface area contributed by atoms with Gasteiger partial charge in [0.15, 0.2) is 0 Å². The molecule has 0 aliphatic rings. The van der Waals surface area contributed by atoms with Gasteiger partial charge in [-0.2, -0.15) is 0 Å². The van der Waals surface area contributed by atoms with Crippen molar-refractivity contribution in [1.29, 1.82) is 0 Å². The Morgan fingerprint density at radius 3 is 2.75 bits per heavy atom. The Morgan fingerprint density at radius 1 is 1.50 bits per heavy atom. The van der Waals surface area contributed by atoms with E-state index in [2.05, 4.69) is 4.74 Å². The van der Waals surface area contributed by atoms with Crippen molar-refractivity contribution in [3.63, 3.8) is 0 Å². The number of carbonyl (C=O) groups is 1. The minimum absolute atomic E-state index is 0.486. The molecule has 3 heteroatoms. The van der Waals surface area contributed by atoms with E-state index in [0.717, 1.165) is 12.0 Å². The van der Waals surface area contributed by atoms with Gasteiger partial charge in [-0.3, -0.25) is 0 Å². The first-order valence-electron chi connectivity index (χ1n) is 3.75. The molecule has 1 N–H and O–H groups in total. The molecule has 1 rings (SSSR count).